The number of nitrogens with zero attached hydrogens (tertiary/aromatic N) is 1. The molecular weight excluding hydrogens is 286 g/mol. The Morgan fingerprint density at radius 3 is 2.48 bits per heavy atom. The summed E-state index contributed by atoms with van der Waals surface area (Å²) in [4.78, 5) is 16.8. The Kier molecular flexibility index (Phi) is 4.67. The summed E-state index contributed by atoms with van der Waals surface area (Å²) in [7, 11) is 1.65. The fourth-order valence-electron chi connectivity index (χ4n) is 2.77. The van der Waals surface area contributed by atoms with Gasteiger partial charge in [0, 0.05) is 23.5 Å². The molecule has 23 heavy (non-hydrogen) atoms. The molecule has 0 spiro atoms. The Hall–Kier alpha value is -2.68. The standard InChI is InChI=1S/C20H19NO2/c1-23-19-9-2-5-15(13-19)11-17-7-3-8-18(20(17)22)12-16-6-4-10-21-14-16/h2,4-6,9-14H,3,7-8H2,1H3/b17-11+,18-12+. The van der Waals surface area contributed by atoms with Crippen LogP contribution in [0.5, 0.6) is 5.75 Å². The van der Waals surface area contributed by atoms with E-state index in [2.05, 4.69) is 4.98 Å². The van der Waals surface area contributed by atoms with Crippen LogP contribution >= 0.6 is 0 Å². The maximum atomic E-state index is 12.7. The van der Waals surface area contributed by atoms with Crippen LogP contribution in [0.3, 0.4) is 0 Å². The van der Waals surface area contributed by atoms with Crippen LogP contribution in [-0.4, -0.2) is 17.9 Å². The number of rotatable bonds is 3. The second-order valence-electron chi connectivity index (χ2n) is 5.58. The van der Waals surface area contributed by atoms with Gasteiger partial charge in [-0.1, -0.05) is 18.2 Å². The highest BCUT2D eigenvalue weighted by Crippen LogP contribution is 2.28. The lowest BCUT2D eigenvalue weighted by molar-refractivity contribution is -0.112. The predicted molar refractivity (Wildman–Crippen MR) is 92.0 cm³/mol. The molecule has 3 rings (SSSR count). The van der Waals surface area contributed by atoms with Crippen LogP contribution < -0.4 is 4.74 Å². The monoisotopic (exact) mass is 305 g/mol. The highest BCUT2D eigenvalue weighted by molar-refractivity contribution is 6.13. The SMILES string of the molecule is COc1cccc(/C=C2\CCC/C(=C\c3cccnc3)C2=O)c1. The number of ketones is 1. The summed E-state index contributed by atoms with van der Waals surface area (Å²) in [5.74, 6) is 0.941. The van der Waals surface area contributed by atoms with E-state index in [1.54, 1.807) is 19.5 Å². The molecule has 1 fully saturated rings. The van der Waals surface area contributed by atoms with Gasteiger partial charge >= 0.3 is 0 Å². The number of carbonyl (C=O) groups excluding carboxylic acids is 1. The first-order valence-corrected chi connectivity index (χ1v) is 7.76. The number of ether oxygens (including phenoxy) is 1. The molecule has 116 valence electrons. The third kappa shape index (κ3) is 3.75. The van der Waals surface area contributed by atoms with Crippen molar-refractivity contribution in [3.05, 3.63) is 71.1 Å². The van der Waals surface area contributed by atoms with E-state index >= 15 is 0 Å². The van der Waals surface area contributed by atoms with Crippen molar-refractivity contribution in [2.75, 3.05) is 7.11 Å². The molecule has 0 atom stereocenters. The van der Waals surface area contributed by atoms with Gasteiger partial charge in [-0.3, -0.25) is 9.78 Å². The number of Topliss-reactive ketones (excluding diaryl/α,β-unsaturated/α-hetero) is 1. The Morgan fingerprint density at radius 2 is 1.78 bits per heavy atom. The summed E-state index contributed by atoms with van der Waals surface area (Å²) in [5, 5.41) is 0. The molecule has 0 N–H and O–H groups in total. The highest BCUT2D eigenvalue weighted by Gasteiger charge is 2.20. The number of allylic oxidation sites excluding steroid dienone is 2. The van der Waals surface area contributed by atoms with Crippen molar-refractivity contribution in [3.8, 4) is 5.75 Å². The van der Waals surface area contributed by atoms with Gasteiger partial charge in [0.15, 0.2) is 5.78 Å². The van der Waals surface area contributed by atoms with Crippen LogP contribution in [0.1, 0.15) is 30.4 Å². The molecule has 1 aromatic heterocycles. The molecule has 3 heteroatoms. The van der Waals surface area contributed by atoms with Gasteiger partial charge in [-0.2, -0.15) is 0 Å². The zero-order chi connectivity index (χ0) is 16.1. The summed E-state index contributed by atoms with van der Waals surface area (Å²) in [6.45, 7) is 0. The molecule has 1 aromatic carbocycles. The lowest BCUT2D eigenvalue weighted by Crippen LogP contribution is -2.12. The maximum absolute atomic E-state index is 12.7. The smallest absolute Gasteiger partial charge is 0.185 e. The van der Waals surface area contributed by atoms with Gasteiger partial charge in [-0.05, 0) is 60.7 Å². The van der Waals surface area contributed by atoms with Crippen molar-refractivity contribution in [2.24, 2.45) is 0 Å². The third-order valence-corrected chi connectivity index (χ3v) is 3.94. The summed E-state index contributed by atoms with van der Waals surface area (Å²) < 4.78 is 5.24. The molecule has 0 unspecified atom stereocenters. The molecule has 0 bridgehead atoms. The molecule has 1 aliphatic rings. The van der Waals surface area contributed by atoms with E-state index in [0.29, 0.717) is 0 Å². The van der Waals surface area contributed by atoms with Crippen LogP contribution in [0, 0.1) is 0 Å². The second kappa shape index (κ2) is 7.05. The molecule has 0 saturated heterocycles. The predicted octanol–water partition coefficient (Wildman–Crippen LogP) is 4.31. The molecule has 0 radical (unpaired) electrons. The van der Waals surface area contributed by atoms with Crippen molar-refractivity contribution >= 4 is 17.9 Å². The fraction of sp³-hybridized carbons (Fsp3) is 0.200. The number of carbonyl (C=O) groups is 1. The number of hydrogen-bond acceptors (Lipinski definition) is 3. The molecule has 1 saturated carbocycles. The van der Waals surface area contributed by atoms with E-state index in [9.17, 15) is 4.79 Å². The molecular formula is C20H19NO2. The fourth-order valence-corrected chi connectivity index (χ4v) is 2.77. The number of pyridine rings is 1. The Labute approximate surface area is 136 Å². The van der Waals surface area contributed by atoms with Crippen molar-refractivity contribution in [2.45, 2.75) is 19.3 Å². The first-order chi connectivity index (χ1) is 11.3. The Bertz CT molecular complexity index is 760. The minimum Gasteiger partial charge on any atom is -0.497 e. The number of hydrogen-bond donors (Lipinski definition) is 0. The molecule has 1 aliphatic carbocycles. The lowest BCUT2D eigenvalue weighted by Gasteiger charge is -2.16. The van der Waals surface area contributed by atoms with E-state index < -0.39 is 0 Å². The normalized spacial score (nSPS) is 18.4. The van der Waals surface area contributed by atoms with Crippen LogP contribution in [0.15, 0.2) is 59.9 Å². The van der Waals surface area contributed by atoms with Crippen LogP contribution in [-0.2, 0) is 4.79 Å². The van der Waals surface area contributed by atoms with E-state index in [4.69, 9.17) is 4.74 Å². The van der Waals surface area contributed by atoms with Gasteiger partial charge < -0.3 is 4.74 Å². The average Bonchev–Trinajstić information content (AvgIpc) is 2.59. The quantitative estimate of drug-likeness (QED) is 0.793. The number of methoxy groups -OCH3 is 1. The van der Waals surface area contributed by atoms with E-state index in [1.807, 2.05) is 48.6 Å². The highest BCUT2D eigenvalue weighted by atomic mass is 16.5. The third-order valence-electron chi connectivity index (χ3n) is 3.94. The largest absolute Gasteiger partial charge is 0.497 e. The molecule has 0 amide bonds. The van der Waals surface area contributed by atoms with E-state index in [0.717, 1.165) is 47.3 Å². The van der Waals surface area contributed by atoms with Gasteiger partial charge in [-0.25, -0.2) is 0 Å². The number of benzene rings is 1. The zero-order valence-electron chi connectivity index (χ0n) is 13.2. The summed E-state index contributed by atoms with van der Waals surface area (Å²) in [5.41, 5.74) is 3.69. The average molecular weight is 305 g/mol. The van der Waals surface area contributed by atoms with Crippen molar-refractivity contribution < 1.29 is 9.53 Å². The maximum Gasteiger partial charge on any atom is 0.185 e. The van der Waals surface area contributed by atoms with Gasteiger partial charge in [0.25, 0.3) is 0 Å². The topological polar surface area (TPSA) is 39.2 Å². The van der Waals surface area contributed by atoms with Crippen molar-refractivity contribution in [1.82, 2.24) is 4.98 Å². The summed E-state index contributed by atoms with van der Waals surface area (Å²) >= 11 is 0. The van der Waals surface area contributed by atoms with Gasteiger partial charge in [0.1, 0.15) is 5.75 Å². The van der Waals surface area contributed by atoms with Crippen molar-refractivity contribution in [1.29, 1.82) is 0 Å². The van der Waals surface area contributed by atoms with Crippen LogP contribution in [0.25, 0.3) is 12.2 Å². The van der Waals surface area contributed by atoms with E-state index in [-0.39, 0.29) is 5.78 Å². The minimum atomic E-state index is 0.142. The minimum absolute atomic E-state index is 0.142. The molecule has 0 aliphatic heterocycles. The molecule has 2 aromatic rings. The Morgan fingerprint density at radius 1 is 1.04 bits per heavy atom. The van der Waals surface area contributed by atoms with Gasteiger partial charge in [0.2, 0.25) is 0 Å². The van der Waals surface area contributed by atoms with Crippen molar-refractivity contribution in [3.63, 3.8) is 0 Å². The van der Waals surface area contributed by atoms with Crippen LogP contribution in [0.2, 0.25) is 0 Å². The van der Waals surface area contributed by atoms with Gasteiger partial charge in [0.05, 0.1) is 7.11 Å². The number of aromatic nitrogens is 1. The van der Waals surface area contributed by atoms with E-state index in [1.165, 1.54) is 0 Å². The molecule has 1 heterocycles. The van der Waals surface area contributed by atoms with Gasteiger partial charge in [-0.15, -0.1) is 0 Å². The second-order valence-corrected chi connectivity index (χ2v) is 5.58. The first kappa shape index (κ1) is 15.2. The lowest BCUT2D eigenvalue weighted by atomic mass is 9.87. The Balaban J connectivity index is 1.87. The summed E-state index contributed by atoms with van der Waals surface area (Å²) in [6.07, 6.45) is 10.1. The first-order valence-electron chi connectivity index (χ1n) is 7.76. The molecule has 3 nitrogen and oxygen atoms in total. The zero-order valence-corrected chi connectivity index (χ0v) is 13.2. The summed E-state index contributed by atoms with van der Waals surface area (Å²) in [6, 6.07) is 11.6. The van der Waals surface area contributed by atoms with Crippen LogP contribution in [0.4, 0.5) is 0 Å².